The average Bonchev–Trinajstić information content (AvgIpc) is 2.56. The zero-order valence-electron chi connectivity index (χ0n) is 12.8. The fourth-order valence-corrected chi connectivity index (χ4v) is 1.81. The minimum Gasteiger partial charge on any atom is -0.493 e. The van der Waals surface area contributed by atoms with Crippen LogP contribution in [-0.2, 0) is 15.7 Å². The van der Waals surface area contributed by atoms with Crippen LogP contribution in [0.3, 0.4) is 0 Å². The Morgan fingerprint density at radius 2 is 1.42 bits per heavy atom. The van der Waals surface area contributed by atoms with Gasteiger partial charge >= 0.3 is 12.1 Å². The van der Waals surface area contributed by atoms with Crippen molar-refractivity contribution in [3.05, 3.63) is 54.1 Å². The highest BCUT2D eigenvalue weighted by Crippen LogP contribution is 2.31. The van der Waals surface area contributed by atoms with Crippen LogP contribution in [0, 0.1) is 0 Å². The molecule has 0 aliphatic heterocycles. The lowest BCUT2D eigenvalue weighted by molar-refractivity contribution is -0.141. The molecule has 24 heavy (non-hydrogen) atoms. The van der Waals surface area contributed by atoms with Gasteiger partial charge in [0.1, 0.15) is 17.2 Å². The van der Waals surface area contributed by atoms with Crippen LogP contribution in [-0.4, -0.2) is 19.7 Å². The van der Waals surface area contributed by atoms with Crippen molar-refractivity contribution in [2.45, 2.75) is 12.6 Å². The molecule has 0 bridgehead atoms. The van der Waals surface area contributed by atoms with Crippen molar-refractivity contribution >= 4 is 5.97 Å². The predicted octanol–water partition coefficient (Wildman–Crippen LogP) is 4.44. The molecule has 0 N–H and O–H groups in total. The standard InChI is InChI=1S/C17H15F3O4/c1-22-16(21)10-11-23-13-6-8-15(9-7-13)24-14-4-2-12(3-5-14)17(18,19)20/h2-9H,10-11H2,1H3. The van der Waals surface area contributed by atoms with E-state index in [1.165, 1.54) is 19.2 Å². The highest BCUT2D eigenvalue weighted by molar-refractivity contribution is 5.69. The summed E-state index contributed by atoms with van der Waals surface area (Å²) >= 11 is 0. The van der Waals surface area contributed by atoms with E-state index in [0.29, 0.717) is 17.2 Å². The van der Waals surface area contributed by atoms with Crippen LogP contribution in [0.2, 0.25) is 0 Å². The molecule has 0 aliphatic rings. The molecule has 0 saturated carbocycles. The number of alkyl halides is 3. The van der Waals surface area contributed by atoms with Gasteiger partial charge in [-0.15, -0.1) is 0 Å². The second-order valence-corrected chi connectivity index (χ2v) is 4.77. The lowest BCUT2D eigenvalue weighted by atomic mass is 10.2. The first kappa shape index (κ1) is 17.7. The quantitative estimate of drug-likeness (QED) is 0.729. The zero-order chi connectivity index (χ0) is 17.6. The van der Waals surface area contributed by atoms with Crippen LogP contribution in [0.15, 0.2) is 48.5 Å². The second kappa shape index (κ2) is 7.72. The summed E-state index contributed by atoms with van der Waals surface area (Å²) in [5.74, 6) is 0.924. The largest absolute Gasteiger partial charge is 0.493 e. The molecule has 0 atom stereocenters. The first-order valence-electron chi connectivity index (χ1n) is 7.03. The Hall–Kier alpha value is -2.70. The maximum Gasteiger partial charge on any atom is 0.416 e. The Morgan fingerprint density at radius 1 is 0.917 bits per heavy atom. The third kappa shape index (κ3) is 5.19. The Labute approximate surface area is 136 Å². The van der Waals surface area contributed by atoms with Gasteiger partial charge in [0.25, 0.3) is 0 Å². The summed E-state index contributed by atoms with van der Waals surface area (Å²) in [6.07, 6.45) is -4.23. The first-order chi connectivity index (χ1) is 11.4. The highest BCUT2D eigenvalue weighted by Gasteiger charge is 2.30. The van der Waals surface area contributed by atoms with E-state index in [2.05, 4.69) is 4.74 Å². The summed E-state index contributed by atoms with van der Waals surface area (Å²) in [6, 6.07) is 10.9. The van der Waals surface area contributed by atoms with E-state index in [1.54, 1.807) is 24.3 Å². The molecule has 2 aromatic rings. The third-order valence-corrected chi connectivity index (χ3v) is 3.04. The summed E-state index contributed by atoms with van der Waals surface area (Å²) < 4.78 is 52.8. The Bertz CT molecular complexity index is 664. The molecule has 0 spiro atoms. The van der Waals surface area contributed by atoms with Gasteiger partial charge in [0, 0.05) is 0 Å². The van der Waals surface area contributed by atoms with Gasteiger partial charge in [0.2, 0.25) is 0 Å². The van der Waals surface area contributed by atoms with Crippen molar-refractivity contribution in [3.8, 4) is 17.2 Å². The van der Waals surface area contributed by atoms with Crippen LogP contribution < -0.4 is 9.47 Å². The molecule has 0 fully saturated rings. The van der Waals surface area contributed by atoms with Crippen molar-refractivity contribution < 1.29 is 32.2 Å². The van der Waals surface area contributed by atoms with E-state index in [1.807, 2.05) is 0 Å². The van der Waals surface area contributed by atoms with Gasteiger partial charge < -0.3 is 14.2 Å². The molecule has 0 heterocycles. The number of carbonyl (C=O) groups excluding carboxylic acids is 1. The van der Waals surface area contributed by atoms with Gasteiger partial charge in [-0.25, -0.2) is 0 Å². The monoisotopic (exact) mass is 340 g/mol. The van der Waals surface area contributed by atoms with Gasteiger partial charge in [0.05, 0.1) is 25.7 Å². The van der Waals surface area contributed by atoms with Crippen molar-refractivity contribution in [1.29, 1.82) is 0 Å². The minimum atomic E-state index is -4.37. The molecule has 128 valence electrons. The molecule has 4 nitrogen and oxygen atoms in total. The van der Waals surface area contributed by atoms with E-state index < -0.39 is 11.7 Å². The molecule has 0 amide bonds. The van der Waals surface area contributed by atoms with Gasteiger partial charge in [-0.3, -0.25) is 4.79 Å². The lowest BCUT2D eigenvalue weighted by Crippen LogP contribution is -2.07. The fourth-order valence-electron chi connectivity index (χ4n) is 1.81. The number of ether oxygens (including phenoxy) is 3. The summed E-state index contributed by atoms with van der Waals surface area (Å²) in [5.41, 5.74) is -0.732. The third-order valence-electron chi connectivity index (χ3n) is 3.04. The molecule has 0 radical (unpaired) electrons. The van der Waals surface area contributed by atoms with Crippen molar-refractivity contribution in [2.24, 2.45) is 0 Å². The lowest BCUT2D eigenvalue weighted by Gasteiger charge is -2.10. The van der Waals surface area contributed by atoms with E-state index in [0.717, 1.165) is 12.1 Å². The Balaban J connectivity index is 1.90. The van der Waals surface area contributed by atoms with Gasteiger partial charge in [-0.05, 0) is 48.5 Å². The van der Waals surface area contributed by atoms with E-state index in [9.17, 15) is 18.0 Å². The van der Waals surface area contributed by atoms with Crippen LogP contribution in [0.4, 0.5) is 13.2 Å². The van der Waals surface area contributed by atoms with E-state index >= 15 is 0 Å². The van der Waals surface area contributed by atoms with E-state index in [-0.39, 0.29) is 19.0 Å². The number of methoxy groups -OCH3 is 1. The molecule has 2 aromatic carbocycles. The van der Waals surface area contributed by atoms with Crippen LogP contribution in [0.5, 0.6) is 17.2 Å². The van der Waals surface area contributed by atoms with Gasteiger partial charge in [-0.1, -0.05) is 0 Å². The van der Waals surface area contributed by atoms with Gasteiger partial charge in [0.15, 0.2) is 0 Å². The Kier molecular flexibility index (Phi) is 5.68. The zero-order valence-corrected chi connectivity index (χ0v) is 12.8. The molecular formula is C17H15F3O4. The van der Waals surface area contributed by atoms with Crippen LogP contribution >= 0.6 is 0 Å². The number of rotatable bonds is 6. The van der Waals surface area contributed by atoms with E-state index in [4.69, 9.17) is 9.47 Å². The summed E-state index contributed by atoms with van der Waals surface area (Å²) in [7, 11) is 1.30. The molecular weight excluding hydrogens is 325 g/mol. The second-order valence-electron chi connectivity index (χ2n) is 4.77. The number of halogens is 3. The van der Waals surface area contributed by atoms with Crippen LogP contribution in [0.1, 0.15) is 12.0 Å². The molecule has 2 rings (SSSR count). The number of hydrogen-bond donors (Lipinski definition) is 0. The smallest absolute Gasteiger partial charge is 0.416 e. The average molecular weight is 340 g/mol. The predicted molar refractivity (Wildman–Crippen MR) is 80.1 cm³/mol. The number of esters is 1. The SMILES string of the molecule is COC(=O)CCOc1ccc(Oc2ccc(C(F)(F)F)cc2)cc1. The normalized spacial score (nSPS) is 11.0. The summed E-state index contributed by atoms with van der Waals surface area (Å²) in [5, 5.41) is 0. The molecule has 0 aliphatic carbocycles. The van der Waals surface area contributed by atoms with Crippen molar-refractivity contribution in [3.63, 3.8) is 0 Å². The molecule has 0 unspecified atom stereocenters. The summed E-state index contributed by atoms with van der Waals surface area (Å²) in [6.45, 7) is 0.186. The number of carbonyl (C=O) groups is 1. The number of hydrogen-bond acceptors (Lipinski definition) is 4. The van der Waals surface area contributed by atoms with Gasteiger partial charge in [-0.2, -0.15) is 13.2 Å². The van der Waals surface area contributed by atoms with Crippen molar-refractivity contribution in [1.82, 2.24) is 0 Å². The summed E-state index contributed by atoms with van der Waals surface area (Å²) in [4.78, 5) is 11.0. The maximum atomic E-state index is 12.5. The fraction of sp³-hybridized carbons (Fsp3) is 0.235. The first-order valence-corrected chi connectivity index (χ1v) is 7.03. The molecule has 0 saturated heterocycles. The van der Waals surface area contributed by atoms with Crippen molar-refractivity contribution in [2.75, 3.05) is 13.7 Å². The minimum absolute atomic E-state index is 0.139. The number of benzene rings is 2. The molecule has 7 heteroatoms. The topological polar surface area (TPSA) is 44.8 Å². The molecule has 0 aromatic heterocycles. The van der Waals surface area contributed by atoms with Crippen LogP contribution in [0.25, 0.3) is 0 Å². The Morgan fingerprint density at radius 3 is 1.92 bits per heavy atom. The maximum absolute atomic E-state index is 12.5. The highest BCUT2D eigenvalue weighted by atomic mass is 19.4.